The molecule has 2 aromatic rings. The Labute approximate surface area is 134 Å². The zero-order valence-electron chi connectivity index (χ0n) is 12.6. The van der Waals surface area contributed by atoms with Crippen molar-refractivity contribution in [2.45, 2.75) is 24.9 Å². The second-order valence-electron chi connectivity index (χ2n) is 6.34. The first-order chi connectivity index (χ1) is 11.3. The van der Waals surface area contributed by atoms with Crippen LogP contribution in [0.2, 0.25) is 0 Å². The molecule has 23 heavy (non-hydrogen) atoms. The number of ether oxygens (including phenoxy) is 2. The number of carbonyl (C=O) groups excluding carboxylic acids is 1. The van der Waals surface area contributed by atoms with Gasteiger partial charge in [-0.3, -0.25) is 4.79 Å². The van der Waals surface area contributed by atoms with Crippen molar-refractivity contribution in [1.29, 1.82) is 0 Å². The van der Waals surface area contributed by atoms with Crippen LogP contribution < -0.4 is 4.74 Å². The van der Waals surface area contributed by atoms with Crippen LogP contribution in [-0.2, 0) is 15.1 Å². The Balaban J connectivity index is 1.86. The van der Waals surface area contributed by atoms with Gasteiger partial charge in [0.05, 0.1) is 5.92 Å². The first-order valence-corrected chi connectivity index (χ1v) is 8.11. The molecule has 3 heteroatoms. The summed E-state index contributed by atoms with van der Waals surface area (Å²) in [6.45, 7) is 0. The third-order valence-corrected chi connectivity index (χ3v) is 5.13. The minimum absolute atomic E-state index is 0.109. The van der Waals surface area contributed by atoms with Gasteiger partial charge in [-0.05, 0) is 37.0 Å². The summed E-state index contributed by atoms with van der Waals surface area (Å²) in [4.78, 5) is 12.6. The lowest BCUT2D eigenvalue weighted by atomic mass is 9.72. The molecule has 0 N–H and O–H groups in total. The molecule has 2 aliphatic heterocycles. The molecule has 1 aliphatic carbocycles. The van der Waals surface area contributed by atoms with Gasteiger partial charge in [0.2, 0.25) is 0 Å². The van der Waals surface area contributed by atoms with Gasteiger partial charge in [-0.15, -0.1) is 0 Å². The van der Waals surface area contributed by atoms with Crippen LogP contribution in [0.25, 0.3) is 0 Å². The monoisotopic (exact) mass is 304 g/mol. The highest BCUT2D eigenvalue weighted by Gasteiger charge is 2.57. The van der Waals surface area contributed by atoms with Crippen LogP contribution >= 0.6 is 0 Å². The molecule has 2 heterocycles. The first kappa shape index (κ1) is 12.9. The van der Waals surface area contributed by atoms with E-state index in [1.165, 1.54) is 0 Å². The van der Waals surface area contributed by atoms with Crippen LogP contribution in [0.15, 0.2) is 60.2 Å². The normalized spacial score (nSPS) is 23.2. The molecule has 1 unspecified atom stereocenters. The maximum absolute atomic E-state index is 12.6. The largest absolute Gasteiger partial charge is 0.456 e. The molecule has 3 aliphatic rings. The first-order valence-electron chi connectivity index (χ1n) is 8.11. The smallest absolute Gasteiger partial charge is 0.314 e. The van der Waals surface area contributed by atoms with Gasteiger partial charge in [-0.2, -0.15) is 0 Å². The maximum Gasteiger partial charge on any atom is 0.314 e. The highest BCUT2D eigenvalue weighted by atomic mass is 16.6. The zero-order chi connectivity index (χ0) is 15.4. The molecule has 1 saturated heterocycles. The van der Waals surface area contributed by atoms with Gasteiger partial charge in [0, 0.05) is 11.1 Å². The number of allylic oxidation sites excluding steroid dienone is 1. The van der Waals surface area contributed by atoms with Crippen LogP contribution in [0.4, 0.5) is 0 Å². The van der Waals surface area contributed by atoms with Crippen molar-refractivity contribution in [2.24, 2.45) is 5.92 Å². The molecule has 114 valence electrons. The van der Waals surface area contributed by atoms with E-state index in [2.05, 4.69) is 6.08 Å². The summed E-state index contributed by atoms with van der Waals surface area (Å²) in [6, 6.07) is 15.8. The minimum atomic E-state index is -0.812. The summed E-state index contributed by atoms with van der Waals surface area (Å²) in [7, 11) is 0. The average molecular weight is 304 g/mol. The lowest BCUT2D eigenvalue weighted by Crippen LogP contribution is -2.33. The molecular formula is C20H16O3. The van der Waals surface area contributed by atoms with E-state index in [1.807, 2.05) is 48.5 Å². The predicted octanol–water partition coefficient (Wildman–Crippen LogP) is 4.32. The number of rotatable bonds is 0. The van der Waals surface area contributed by atoms with Gasteiger partial charge in [-0.25, -0.2) is 0 Å². The van der Waals surface area contributed by atoms with Crippen molar-refractivity contribution in [3.8, 4) is 11.5 Å². The molecule has 1 fully saturated rings. The Morgan fingerprint density at radius 2 is 1.61 bits per heavy atom. The van der Waals surface area contributed by atoms with E-state index in [4.69, 9.17) is 9.47 Å². The van der Waals surface area contributed by atoms with Gasteiger partial charge < -0.3 is 9.47 Å². The number of esters is 1. The van der Waals surface area contributed by atoms with Crippen LogP contribution in [0.1, 0.15) is 30.4 Å². The van der Waals surface area contributed by atoms with E-state index < -0.39 is 5.60 Å². The molecule has 0 amide bonds. The summed E-state index contributed by atoms with van der Waals surface area (Å²) in [5, 5.41) is 0. The standard InChI is InChI=1S/C20H16O3/c21-19-13-7-1-2-8-14(13)20(23-19)15-9-3-5-11-17(15)22-18-12-6-4-10-16(18)20/h3-6,8-13H,1-2,7H2. The van der Waals surface area contributed by atoms with Crippen LogP contribution in [0.5, 0.6) is 11.5 Å². The van der Waals surface area contributed by atoms with Gasteiger partial charge in [0.25, 0.3) is 0 Å². The Morgan fingerprint density at radius 3 is 2.30 bits per heavy atom. The summed E-state index contributed by atoms with van der Waals surface area (Å²) in [5.74, 6) is 1.31. The summed E-state index contributed by atoms with van der Waals surface area (Å²) in [5.41, 5.74) is 2.15. The van der Waals surface area contributed by atoms with Crippen molar-refractivity contribution < 1.29 is 14.3 Å². The van der Waals surface area contributed by atoms with E-state index >= 15 is 0 Å². The second-order valence-corrected chi connectivity index (χ2v) is 6.34. The van der Waals surface area contributed by atoms with E-state index in [-0.39, 0.29) is 11.9 Å². The van der Waals surface area contributed by atoms with E-state index in [9.17, 15) is 4.79 Å². The van der Waals surface area contributed by atoms with Crippen molar-refractivity contribution in [3.63, 3.8) is 0 Å². The van der Waals surface area contributed by atoms with Crippen LogP contribution in [-0.4, -0.2) is 5.97 Å². The van der Waals surface area contributed by atoms with Crippen molar-refractivity contribution in [3.05, 3.63) is 71.3 Å². The molecule has 1 spiro atoms. The fourth-order valence-corrected chi connectivity index (χ4v) is 4.17. The third-order valence-electron chi connectivity index (χ3n) is 5.13. The minimum Gasteiger partial charge on any atom is -0.456 e. The summed E-state index contributed by atoms with van der Waals surface area (Å²) < 4.78 is 12.2. The lowest BCUT2D eigenvalue weighted by Gasteiger charge is -2.37. The highest BCUT2D eigenvalue weighted by Crippen LogP contribution is 2.58. The van der Waals surface area contributed by atoms with Crippen LogP contribution in [0, 0.1) is 5.92 Å². The number of para-hydroxylation sites is 2. The highest BCUT2D eigenvalue weighted by molar-refractivity contribution is 5.84. The van der Waals surface area contributed by atoms with E-state index in [1.54, 1.807) is 0 Å². The van der Waals surface area contributed by atoms with Gasteiger partial charge in [0.15, 0.2) is 5.60 Å². The molecule has 2 aromatic carbocycles. The van der Waals surface area contributed by atoms with E-state index in [0.717, 1.165) is 47.5 Å². The summed E-state index contributed by atoms with van der Waals surface area (Å²) in [6.07, 6.45) is 5.12. The quantitative estimate of drug-likeness (QED) is 0.537. The predicted molar refractivity (Wildman–Crippen MR) is 85.3 cm³/mol. The topological polar surface area (TPSA) is 35.5 Å². The molecule has 1 atom stereocenters. The molecule has 0 aromatic heterocycles. The van der Waals surface area contributed by atoms with Gasteiger partial charge in [-0.1, -0.05) is 42.5 Å². The number of hydrogen-bond acceptors (Lipinski definition) is 3. The van der Waals surface area contributed by atoms with Gasteiger partial charge >= 0.3 is 5.97 Å². The fourth-order valence-electron chi connectivity index (χ4n) is 4.17. The number of hydrogen-bond donors (Lipinski definition) is 0. The number of carbonyl (C=O) groups is 1. The molecule has 0 radical (unpaired) electrons. The molecule has 0 bridgehead atoms. The zero-order valence-corrected chi connectivity index (χ0v) is 12.6. The van der Waals surface area contributed by atoms with Crippen LogP contribution in [0.3, 0.4) is 0 Å². The molecule has 0 saturated carbocycles. The number of fused-ring (bicyclic) bond motifs is 6. The molecule has 5 rings (SSSR count). The van der Waals surface area contributed by atoms with E-state index in [0.29, 0.717) is 0 Å². The second kappa shape index (κ2) is 4.48. The SMILES string of the molecule is O=C1OC2(C3=CCCCC13)c1ccccc1Oc1ccccc12. The van der Waals surface area contributed by atoms with Crippen molar-refractivity contribution in [2.75, 3.05) is 0 Å². The van der Waals surface area contributed by atoms with Crippen molar-refractivity contribution >= 4 is 5.97 Å². The lowest BCUT2D eigenvalue weighted by molar-refractivity contribution is -0.148. The fraction of sp³-hybridized carbons (Fsp3) is 0.250. The Kier molecular flexibility index (Phi) is 2.52. The molecular weight excluding hydrogens is 288 g/mol. The Morgan fingerprint density at radius 1 is 0.957 bits per heavy atom. The third kappa shape index (κ3) is 1.57. The average Bonchev–Trinajstić information content (AvgIpc) is 2.90. The Hall–Kier alpha value is -2.55. The van der Waals surface area contributed by atoms with Gasteiger partial charge in [0.1, 0.15) is 11.5 Å². The summed E-state index contributed by atoms with van der Waals surface area (Å²) >= 11 is 0. The maximum atomic E-state index is 12.6. The molecule has 3 nitrogen and oxygen atoms in total. The Bertz CT molecular complexity index is 804. The number of benzene rings is 2. The van der Waals surface area contributed by atoms with Crippen molar-refractivity contribution in [1.82, 2.24) is 0 Å².